The second kappa shape index (κ2) is 7.44. The predicted octanol–water partition coefficient (Wildman–Crippen LogP) is 4.01. The molecule has 0 saturated heterocycles. The minimum absolute atomic E-state index is 0.337. The molecule has 1 atom stereocenters. The van der Waals surface area contributed by atoms with E-state index in [0.717, 1.165) is 18.8 Å². The molecule has 0 fully saturated rings. The Bertz CT molecular complexity index is 509. The molecule has 0 bridgehead atoms. The van der Waals surface area contributed by atoms with E-state index in [1.807, 2.05) is 6.92 Å². The molecule has 19 heavy (non-hydrogen) atoms. The van der Waals surface area contributed by atoms with Crippen LogP contribution in [0.3, 0.4) is 0 Å². The van der Waals surface area contributed by atoms with Gasteiger partial charge in [-0.15, -0.1) is 0 Å². The van der Waals surface area contributed by atoms with Crippen LogP contribution in [0.1, 0.15) is 37.8 Å². The molecule has 1 aliphatic rings. The number of hydrogen-bond acceptors (Lipinski definition) is 2. The van der Waals surface area contributed by atoms with Crippen LogP contribution < -0.4 is 0 Å². The zero-order chi connectivity index (χ0) is 14.5. The van der Waals surface area contributed by atoms with E-state index in [9.17, 15) is 8.42 Å². The fourth-order valence-corrected chi connectivity index (χ4v) is 3.43. The van der Waals surface area contributed by atoms with Gasteiger partial charge in [0.1, 0.15) is 9.84 Å². The highest BCUT2D eigenvalue weighted by atomic mass is 79.9. The normalized spacial score (nSPS) is 17.6. The monoisotopic (exact) mass is 346 g/mol. The summed E-state index contributed by atoms with van der Waals surface area (Å²) in [5.74, 6) is 1.18. The zero-order valence-corrected chi connectivity index (χ0v) is 14.4. The molecule has 4 heteroatoms. The van der Waals surface area contributed by atoms with E-state index in [0.29, 0.717) is 5.75 Å². The predicted molar refractivity (Wildman–Crippen MR) is 85.3 cm³/mol. The summed E-state index contributed by atoms with van der Waals surface area (Å²) in [5.41, 5.74) is 3.08. The van der Waals surface area contributed by atoms with Gasteiger partial charge in [0.05, 0.1) is 0 Å². The maximum Gasteiger partial charge on any atom is 0.147 e. The molecular formula is C15H23BrO2S. The minimum atomic E-state index is -2.69. The number of hydrogen-bond donors (Lipinski definition) is 0. The first-order chi connectivity index (χ1) is 8.81. The van der Waals surface area contributed by atoms with E-state index in [-0.39, 0.29) is 0 Å². The topological polar surface area (TPSA) is 34.1 Å². The Balaban J connectivity index is 0.000000203. The highest BCUT2D eigenvalue weighted by molar-refractivity contribution is 9.10. The van der Waals surface area contributed by atoms with Gasteiger partial charge in [0.2, 0.25) is 0 Å². The van der Waals surface area contributed by atoms with Gasteiger partial charge in [-0.05, 0) is 48.4 Å². The van der Waals surface area contributed by atoms with Crippen molar-refractivity contribution in [3.05, 3.63) is 33.8 Å². The van der Waals surface area contributed by atoms with E-state index < -0.39 is 9.84 Å². The second-order valence-electron chi connectivity index (χ2n) is 5.41. The highest BCUT2D eigenvalue weighted by Crippen LogP contribution is 2.28. The van der Waals surface area contributed by atoms with Gasteiger partial charge >= 0.3 is 0 Å². The van der Waals surface area contributed by atoms with Crippen molar-refractivity contribution in [2.45, 2.75) is 39.5 Å². The summed E-state index contributed by atoms with van der Waals surface area (Å²) in [4.78, 5) is 0. The van der Waals surface area contributed by atoms with Crippen molar-refractivity contribution in [3.63, 3.8) is 0 Å². The van der Waals surface area contributed by atoms with Crippen LogP contribution in [-0.2, 0) is 22.7 Å². The number of halogens is 1. The molecule has 2 nitrogen and oxygen atoms in total. The number of fused-ring (bicyclic) bond motifs is 1. The maximum atomic E-state index is 10.4. The average Bonchev–Trinajstić information content (AvgIpc) is 2.65. The van der Waals surface area contributed by atoms with Crippen molar-refractivity contribution in [1.82, 2.24) is 0 Å². The van der Waals surface area contributed by atoms with Gasteiger partial charge in [-0.2, -0.15) is 0 Å². The Morgan fingerprint density at radius 2 is 1.89 bits per heavy atom. The molecule has 0 amide bonds. The third kappa shape index (κ3) is 6.57. The van der Waals surface area contributed by atoms with Gasteiger partial charge < -0.3 is 0 Å². The minimum Gasteiger partial charge on any atom is -0.229 e. The number of benzene rings is 1. The van der Waals surface area contributed by atoms with Gasteiger partial charge in [-0.3, -0.25) is 0 Å². The fraction of sp³-hybridized carbons (Fsp3) is 0.600. The van der Waals surface area contributed by atoms with Crippen molar-refractivity contribution >= 4 is 25.8 Å². The fourth-order valence-electron chi connectivity index (χ4n) is 2.21. The Morgan fingerprint density at radius 1 is 1.26 bits per heavy atom. The molecule has 0 spiro atoms. The largest absolute Gasteiger partial charge is 0.229 e. The summed E-state index contributed by atoms with van der Waals surface area (Å²) in [7, 11) is -2.69. The van der Waals surface area contributed by atoms with Crippen LogP contribution in [0.15, 0.2) is 22.7 Å². The highest BCUT2D eigenvalue weighted by Gasteiger charge is 2.16. The van der Waals surface area contributed by atoms with E-state index in [2.05, 4.69) is 41.1 Å². The van der Waals surface area contributed by atoms with Gasteiger partial charge in [0.25, 0.3) is 0 Å². The van der Waals surface area contributed by atoms with Gasteiger partial charge in [-0.25, -0.2) is 8.42 Å². The number of unbranched alkanes of at least 4 members (excludes halogenated alkanes) is 1. The molecule has 0 radical (unpaired) electrons. The van der Waals surface area contributed by atoms with E-state index >= 15 is 0 Å². The Kier molecular flexibility index (Phi) is 6.54. The summed E-state index contributed by atoms with van der Waals surface area (Å²) in [5, 5.41) is 0. The van der Waals surface area contributed by atoms with E-state index in [4.69, 9.17) is 0 Å². The maximum absolute atomic E-state index is 10.4. The first-order valence-corrected chi connectivity index (χ1v) is 9.62. The molecule has 0 saturated carbocycles. The Hall–Kier alpha value is -0.350. The number of rotatable bonds is 3. The van der Waals surface area contributed by atoms with Crippen LogP contribution in [0.5, 0.6) is 0 Å². The summed E-state index contributed by atoms with van der Waals surface area (Å²) in [6.45, 7) is 4.29. The summed E-state index contributed by atoms with van der Waals surface area (Å²) >= 11 is 3.48. The zero-order valence-electron chi connectivity index (χ0n) is 11.9. The van der Waals surface area contributed by atoms with Crippen LogP contribution in [0.25, 0.3) is 0 Å². The lowest BCUT2D eigenvalue weighted by Gasteiger charge is -1.96. The van der Waals surface area contributed by atoms with Crippen molar-refractivity contribution in [3.8, 4) is 0 Å². The SMILES string of the molecule is CC1Cc2ccc(Br)cc2C1.CCCCS(C)(=O)=O. The van der Waals surface area contributed by atoms with Crippen LogP contribution in [0.4, 0.5) is 0 Å². The van der Waals surface area contributed by atoms with E-state index in [1.54, 1.807) is 5.56 Å². The second-order valence-corrected chi connectivity index (χ2v) is 8.59. The first-order valence-electron chi connectivity index (χ1n) is 6.77. The molecule has 1 aliphatic carbocycles. The van der Waals surface area contributed by atoms with Crippen molar-refractivity contribution in [1.29, 1.82) is 0 Å². The average molecular weight is 347 g/mol. The quantitative estimate of drug-likeness (QED) is 0.828. The van der Waals surface area contributed by atoms with Crippen LogP contribution in [-0.4, -0.2) is 20.4 Å². The standard InChI is InChI=1S/C10H11Br.C5H12O2S/c1-7-4-8-2-3-10(11)6-9(8)5-7;1-3-4-5-8(2,6)7/h2-3,6-7H,4-5H2,1H3;3-5H2,1-2H3. The smallest absolute Gasteiger partial charge is 0.147 e. The lowest BCUT2D eigenvalue weighted by Crippen LogP contribution is -2.01. The molecule has 108 valence electrons. The lowest BCUT2D eigenvalue weighted by molar-refractivity contribution is 0.598. The van der Waals surface area contributed by atoms with Crippen molar-refractivity contribution in [2.24, 2.45) is 5.92 Å². The third-order valence-corrected chi connectivity index (χ3v) is 4.70. The van der Waals surface area contributed by atoms with Crippen LogP contribution >= 0.6 is 15.9 Å². The van der Waals surface area contributed by atoms with Gasteiger partial charge in [-0.1, -0.05) is 42.3 Å². The molecule has 0 aromatic heterocycles. The van der Waals surface area contributed by atoms with E-state index in [1.165, 1.54) is 29.1 Å². The van der Waals surface area contributed by atoms with Crippen LogP contribution in [0.2, 0.25) is 0 Å². The van der Waals surface area contributed by atoms with Gasteiger partial charge in [0.15, 0.2) is 0 Å². The number of sulfone groups is 1. The molecule has 0 heterocycles. The summed E-state index contributed by atoms with van der Waals surface area (Å²) < 4.78 is 22.0. The summed E-state index contributed by atoms with van der Waals surface area (Å²) in [6.07, 6.45) is 5.53. The van der Waals surface area contributed by atoms with Crippen molar-refractivity contribution in [2.75, 3.05) is 12.0 Å². The van der Waals surface area contributed by atoms with Crippen molar-refractivity contribution < 1.29 is 8.42 Å². The van der Waals surface area contributed by atoms with Crippen LogP contribution in [0, 0.1) is 5.92 Å². The Labute approximate surface area is 125 Å². The third-order valence-electron chi connectivity index (χ3n) is 3.17. The molecule has 2 rings (SSSR count). The molecular weight excluding hydrogens is 324 g/mol. The lowest BCUT2D eigenvalue weighted by atomic mass is 10.1. The Morgan fingerprint density at radius 3 is 2.42 bits per heavy atom. The molecule has 0 N–H and O–H groups in total. The first kappa shape index (κ1) is 16.7. The molecule has 1 aromatic carbocycles. The van der Waals surface area contributed by atoms with Gasteiger partial charge in [0, 0.05) is 16.5 Å². The summed E-state index contributed by atoms with van der Waals surface area (Å²) in [6, 6.07) is 6.62. The molecule has 1 aromatic rings. The molecule has 0 aliphatic heterocycles. The molecule has 1 unspecified atom stereocenters.